The Morgan fingerprint density at radius 1 is 0.889 bits per heavy atom. The molecule has 0 aliphatic heterocycles. The summed E-state index contributed by atoms with van der Waals surface area (Å²) in [5, 5.41) is 3.61. The number of rotatable bonds is 13. The lowest BCUT2D eigenvalue weighted by atomic mass is 10.0. The van der Waals surface area contributed by atoms with Crippen molar-refractivity contribution in [2.24, 2.45) is 0 Å². The largest absolute Gasteiger partial charge is 0.497 e. The van der Waals surface area contributed by atoms with Crippen LogP contribution in [0, 0.1) is 0 Å². The first-order valence-corrected chi connectivity index (χ1v) is 12.4. The fraction of sp³-hybridized carbons (Fsp3) is 0.310. The lowest BCUT2D eigenvalue weighted by Crippen LogP contribution is -2.51. The Bertz CT molecular complexity index is 1090. The van der Waals surface area contributed by atoms with Crippen LogP contribution >= 0.6 is 11.6 Å². The Balaban J connectivity index is 1.90. The van der Waals surface area contributed by atoms with Crippen molar-refractivity contribution >= 4 is 23.4 Å². The van der Waals surface area contributed by atoms with Crippen LogP contribution in [0.25, 0.3) is 0 Å². The van der Waals surface area contributed by atoms with E-state index in [0.717, 1.165) is 22.4 Å². The molecule has 0 heterocycles. The topological polar surface area (TPSA) is 67.9 Å². The molecule has 3 rings (SSSR count). The van der Waals surface area contributed by atoms with Gasteiger partial charge in [0, 0.05) is 38.2 Å². The van der Waals surface area contributed by atoms with Gasteiger partial charge in [0.05, 0.1) is 13.5 Å². The summed E-state index contributed by atoms with van der Waals surface area (Å²) in [6.07, 6.45) is 1.26. The molecule has 2 amide bonds. The maximum absolute atomic E-state index is 13.7. The molecule has 0 aliphatic rings. The summed E-state index contributed by atoms with van der Waals surface area (Å²) in [6.45, 7) is 1.31. The fourth-order valence-electron chi connectivity index (χ4n) is 3.91. The Kier molecular flexibility index (Phi) is 10.8. The van der Waals surface area contributed by atoms with Gasteiger partial charge in [-0.05, 0) is 47.4 Å². The maximum Gasteiger partial charge on any atom is 0.243 e. The van der Waals surface area contributed by atoms with Crippen molar-refractivity contribution in [2.45, 2.75) is 31.8 Å². The summed E-state index contributed by atoms with van der Waals surface area (Å²) >= 11 is 6.03. The van der Waals surface area contributed by atoms with Crippen LogP contribution in [0.5, 0.6) is 5.75 Å². The molecule has 1 atom stereocenters. The Hall–Kier alpha value is -3.35. The van der Waals surface area contributed by atoms with Gasteiger partial charge in [-0.2, -0.15) is 0 Å². The molecular formula is C29H33ClN2O4. The number of amides is 2. The number of ether oxygens (including phenoxy) is 2. The number of nitrogens with zero attached hydrogens (tertiary/aromatic N) is 1. The monoisotopic (exact) mass is 508 g/mol. The highest BCUT2D eigenvalue weighted by Crippen LogP contribution is 2.19. The molecule has 0 saturated heterocycles. The number of hydrogen-bond donors (Lipinski definition) is 1. The first-order valence-electron chi connectivity index (χ1n) is 12.0. The molecule has 36 heavy (non-hydrogen) atoms. The average Bonchev–Trinajstić information content (AvgIpc) is 2.90. The van der Waals surface area contributed by atoms with Crippen molar-refractivity contribution < 1.29 is 19.1 Å². The van der Waals surface area contributed by atoms with Crippen LogP contribution in [0.4, 0.5) is 0 Å². The molecule has 1 unspecified atom stereocenters. The number of methoxy groups -OCH3 is 2. The molecule has 0 bridgehead atoms. The van der Waals surface area contributed by atoms with Crippen LogP contribution in [-0.2, 0) is 33.7 Å². The number of carbonyl (C=O) groups excluding carboxylic acids is 2. The second-order valence-corrected chi connectivity index (χ2v) is 8.95. The summed E-state index contributed by atoms with van der Waals surface area (Å²) in [6, 6.07) is 23.8. The SMILES string of the molecule is COCCCNC(=O)C(Cc1ccccc1)N(Cc1ccc(OC)cc1)C(=O)Cc1ccc(Cl)cc1. The smallest absolute Gasteiger partial charge is 0.243 e. The molecule has 0 spiro atoms. The van der Waals surface area contributed by atoms with Gasteiger partial charge in [-0.3, -0.25) is 9.59 Å². The van der Waals surface area contributed by atoms with E-state index >= 15 is 0 Å². The van der Waals surface area contributed by atoms with Crippen LogP contribution in [0.2, 0.25) is 5.02 Å². The van der Waals surface area contributed by atoms with Crippen molar-refractivity contribution in [1.82, 2.24) is 10.2 Å². The van der Waals surface area contributed by atoms with Gasteiger partial charge >= 0.3 is 0 Å². The standard InChI is InChI=1S/C29H33ClN2O4/c1-35-18-6-17-31-29(34)27(19-22-7-4-3-5-8-22)32(21-24-11-15-26(36-2)16-12-24)28(33)20-23-9-13-25(30)14-10-23/h3-5,7-16,27H,6,17-21H2,1-2H3,(H,31,34). The van der Waals surface area contributed by atoms with Crippen LogP contribution in [0.3, 0.4) is 0 Å². The third-order valence-electron chi connectivity index (χ3n) is 5.88. The molecular weight excluding hydrogens is 476 g/mol. The van der Waals surface area contributed by atoms with Crippen molar-refractivity contribution in [1.29, 1.82) is 0 Å². The van der Waals surface area contributed by atoms with E-state index in [2.05, 4.69) is 5.32 Å². The minimum absolute atomic E-state index is 0.138. The van der Waals surface area contributed by atoms with E-state index in [4.69, 9.17) is 21.1 Å². The van der Waals surface area contributed by atoms with E-state index in [-0.39, 0.29) is 18.2 Å². The summed E-state index contributed by atoms with van der Waals surface area (Å²) < 4.78 is 10.4. The van der Waals surface area contributed by atoms with E-state index in [0.29, 0.717) is 37.6 Å². The van der Waals surface area contributed by atoms with Gasteiger partial charge in [-0.25, -0.2) is 0 Å². The van der Waals surface area contributed by atoms with E-state index in [1.54, 1.807) is 31.3 Å². The minimum atomic E-state index is -0.683. The van der Waals surface area contributed by atoms with Crippen molar-refractivity contribution in [3.8, 4) is 5.75 Å². The summed E-state index contributed by atoms with van der Waals surface area (Å²) in [4.78, 5) is 28.8. The van der Waals surface area contributed by atoms with Crippen LogP contribution in [0.1, 0.15) is 23.1 Å². The number of halogens is 1. The molecule has 6 nitrogen and oxygen atoms in total. The number of carbonyl (C=O) groups is 2. The molecule has 0 saturated carbocycles. The average molecular weight is 509 g/mol. The van der Waals surface area contributed by atoms with Crippen molar-refractivity contribution in [2.75, 3.05) is 27.4 Å². The zero-order valence-electron chi connectivity index (χ0n) is 20.8. The molecule has 190 valence electrons. The highest BCUT2D eigenvalue weighted by Gasteiger charge is 2.30. The van der Waals surface area contributed by atoms with Gasteiger partial charge in [-0.15, -0.1) is 0 Å². The highest BCUT2D eigenvalue weighted by atomic mass is 35.5. The lowest BCUT2D eigenvalue weighted by Gasteiger charge is -2.32. The van der Waals surface area contributed by atoms with Crippen LogP contribution < -0.4 is 10.1 Å². The van der Waals surface area contributed by atoms with E-state index in [9.17, 15) is 9.59 Å². The Labute approximate surface area is 218 Å². The van der Waals surface area contributed by atoms with Gasteiger partial charge in [0.2, 0.25) is 11.8 Å². The molecule has 3 aromatic carbocycles. The number of nitrogens with one attached hydrogen (secondary N) is 1. The van der Waals surface area contributed by atoms with Crippen molar-refractivity contribution in [3.63, 3.8) is 0 Å². The number of hydrogen-bond acceptors (Lipinski definition) is 4. The second-order valence-electron chi connectivity index (χ2n) is 8.52. The lowest BCUT2D eigenvalue weighted by molar-refractivity contribution is -0.140. The molecule has 0 aromatic heterocycles. The van der Waals surface area contributed by atoms with Gasteiger partial charge in [0.15, 0.2) is 0 Å². The van der Waals surface area contributed by atoms with E-state index in [1.165, 1.54) is 0 Å². The minimum Gasteiger partial charge on any atom is -0.497 e. The normalized spacial score (nSPS) is 11.5. The zero-order valence-corrected chi connectivity index (χ0v) is 21.5. The van der Waals surface area contributed by atoms with Gasteiger partial charge < -0.3 is 19.7 Å². The quantitative estimate of drug-likeness (QED) is 0.340. The molecule has 0 radical (unpaired) electrons. The first-order chi connectivity index (χ1) is 17.5. The Morgan fingerprint density at radius 3 is 2.19 bits per heavy atom. The van der Waals surface area contributed by atoms with Crippen LogP contribution in [0.15, 0.2) is 78.9 Å². The molecule has 1 N–H and O–H groups in total. The Morgan fingerprint density at radius 2 is 1.56 bits per heavy atom. The second kappa shape index (κ2) is 14.3. The fourth-order valence-corrected chi connectivity index (χ4v) is 4.03. The summed E-state index contributed by atoms with van der Waals surface area (Å²) in [5.41, 5.74) is 2.72. The molecule has 3 aromatic rings. The molecule has 0 aliphatic carbocycles. The third-order valence-corrected chi connectivity index (χ3v) is 6.13. The van der Waals surface area contributed by atoms with Crippen molar-refractivity contribution in [3.05, 3.63) is 101 Å². The third kappa shape index (κ3) is 8.40. The predicted molar refractivity (Wildman–Crippen MR) is 142 cm³/mol. The van der Waals surface area contributed by atoms with Gasteiger partial charge in [0.25, 0.3) is 0 Å². The summed E-state index contributed by atoms with van der Waals surface area (Å²) in [5.74, 6) is 0.406. The highest BCUT2D eigenvalue weighted by molar-refractivity contribution is 6.30. The summed E-state index contributed by atoms with van der Waals surface area (Å²) in [7, 11) is 3.24. The maximum atomic E-state index is 13.7. The molecule has 0 fully saturated rings. The van der Waals surface area contributed by atoms with E-state index in [1.807, 2.05) is 66.7 Å². The van der Waals surface area contributed by atoms with E-state index < -0.39 is 6.04 Å². The van der Waals surface area contributed by atoms with Crippen LogP contribution in [-0.4, -0.2) is 50.1 Å². The zero-order chi connectivity index (χ0) is 25.8. The van der Waals surface area contributed by atoms with Gasteiger partial charge in [0.1, 0.15) is 11.8 Å². The molecule has 7 heteroatoms. The number of benzene rings is 3. The predicted octanol–water partition coefficient (Wildman–Crippen LogP) is 4.68. The first kappa shape index (κ1) is 27.2. The van der Waals surface area contributed by atoms with Gasteiger partial charge in [-0.1, -0.05) is 66.2 Å².